The highest BCUT2D eigenvalue weighted by Crippen LogP contribution is 2.29. The average Bonchev–Trinajstić information content (AvgIpc) is 2.61. The van der Waals surface area contributed by atoms with Crippen LogP contribution in [0.2, 0.25) is 0 Å². The van der Waals surface area contributed by atoms with Crippen molar-refractivity contribution in [3.05, 3.63) is 23.8 Å². The van der Waals surface area contributed by atoms with Crippen LogP contribution in [0.4, 0.5) is 11.4 Å². The standard InChI is InChI=1S/C20H32N3O2/c1-23(11-3-2-4-12-23)13-6-14-25-16-20(24)22-10-5-7-17-8-9-18(21)15-19(17)22/h8-9,15H,2-7,10-14,16,21H2,1H3/q+1. The van der Waals surface area contributed by atoms with Gasteiger partial charge >= 0.3 is 0 Å². The van der Waals surface area contributed by atoms with Gasteiger partial charge in [0.05, 0.1) is 33.3 Å². The molecular formula is C20H32N3O2+. The van der Waals surface area contributed by atoms with E-state index in [1.165, 1.54) is 37.9 Å². The summed E-state index contributed by atoms with van der Waals surface area (Å²) >= 11 is 0. The van der Waals surface area contributed by atoms with Gasteiger partial charge in [-0.3, -0.25) is 4.79 Å². The van der Waals surface area contributed by atoms with E-state index < -0.39 is 0 Å². The van der Waals surface area contributed by atoms with Crippen LogP contribution in [0.3, 0.4) is 0 Å². The van der Waals surface area contributed by atoms with Gasteiger partial charge in [0.2, 0.25) is 0 Å². The molecule has 2 heterocycles. The number of piperidine rings is 1. The Labute approximate surface area is 151 Å². The smallest absolute Gasteiger partial charge is 0.252 e. The number of anilines is 2. The zero-order chi connectivity index (χ0) is 17.7. The summed E-state index contributed by atoms with van der Waals surface area (Å²) in [5.41, 5.74) is 8.77. The van der Waals surface area contributed by atoms with E-state index in [1.807, 2.05) is 23.1 Å². The van der Waals surface area contributed by atoms with Crippen LogP contribution in [-0.2, 0) is 16.0 Å². The van der Waals surface area contributed by atoms with Crippen LogP contribution in [0.15, 0.2) is 18.2 Å². The molecule has 0 aromatic heterocycles. The predicted molar refractivity (Wildman–Crippen MR) is 102 cm³/mol. The molecule has 3 rings (SSSR count). The molecule has 1 fully saturated rings. The summed E-state index contributed by atoms with van der Waals surface area (Å²) in [5, 5.41) is 0. The summed E-state index contributed by atoms with van der Waals surface area (Å²) in [6, 6.07) is 5.86. The van der Waals surface area contributed by atoms with Gasteiger partial charge in [0, 0.05) is 24.3 Å². The van der Waals surface area contributed by atoms with Crippen molar-refractivity contribution in [3.63, 3.8) is 0 Å². The minimum Gasteiger partial charge on any atom is -0.399 e. The number of carbonyl (C=O) groups is 1. The molecule has 0 atom stereocenters. The van der Waals surface area contributed by atoms with Gasteiger partial charge in [-0.1, -0.05) is 6.07 Å². The Bertz CT molecular complexity index is 597. The molecule has 2 aliphatic heterocycles. The Morgan fingerprint density at radius 2 is 2.04 bits per heavy atom. The number of quaternary nitrogens is 1. The molecular weight excluding hydrogens is 314 g/mol. The van der Waals surface area contributed by atoms with Crippen molar-refractivity contribution >= 4 is 17.3 Å². The average molecular weight is 346 g/mol. The molecule has 2 N–H and O–H groups in total. The van der Waals surface area contributed by atoms with E-state index in [-0.39, 0.29) is 12.5 Å². The summed E-state index contributed by atoms with van der Waals surface area (Å²) in [5.74, 6) is 0.0462. The number of likely N-dealkylation sites (tertiary alicyclic amines) is 1. The molecule has 5 nitrogen and oxygen atoms in total. The second kappa shape index (κ2) is 8.19. The van der Waals surface area contributed by atoms with Gasteiger partial charge in [0.15, 0.2) is 0 Å². The Morgan fingerprint density at radius 3 is 2.84 bits per heavy atom. The number of rotatable bonds is 6. The summed E-state index contributed by atoms with van der Waals surface area (Å²) in [7, 11) is 2.35. The van der Waals surface area contributed by atoms with Crippen LogP contribution in [0.25, 0.3) is 0 Å². The number of amides is 1. The molecule has 138 valence electrons. The van der Waals surface area contributed by atoms with Crippen LogP contribution >= 0.6 is 0 Å². The Morgan fingerprint density at radius 1 is 1.24 bits per heavy atom. The fourth-order valence-electron chi connectivity index (χ4n) is 4.14. The minimum absolute atomic E-state index is 0.0462. The summed E-state index contributed by atoms with van der Waals surface area (Å²) in [6.07, 6.45) is 7.09. The Hall–Kier alpha value is -1.59. The zero-order valence-electron chi connectivity index (χ0n) is 15.5. The van der Waals surface area contributed by atoms with E-state index in [1.54, 1.807) is 0 Å². The first-order valence-electron chi connectivity index (χ1n) is 9.67. The molecule has 1 amide bonds. The summed E-state index contributed by atoms with van der Waals surface area (Å²) < 4.78 is 6.86. The third-order valence-electron chi connectivity index (χ3n) is 5.64. The number of benzene rings is 1. The molecule has 1 aromatic rings. The fraction of sp³-hybridized carbons (Fsp3) is 0.650. The number of ether oxygens (including phenoxy) is 1. The largest absolute Gasteiger partial charge is 0.399 e. The number of hydrogen-bond donors (Lipinski definition) is 1. The summed E-state index contributed by atoms with van der Waals surface area (Å²) in [4.78, 5) is 14.4. The lowest BCUT2D eigenvalue weighted by molar-refractivity contribution is -0.914. The lowest BCUT2D eigenvalue weighted by Crippen LogP contribution is -2.48. The van der Waals surface area contributed by atoms with Crippen LogP contribution in [0.5, 0.6) is 0 Å². The highest BCUT2D eigenvalue weighted by atomic mass is 16.5. The number of aryl methyl sites for hydroxylation is 1. The number of nitrogens with two attached hydrogens (primary N) is 1. The first kappa shape index (κ1) is 18.2. The van der Waals surface area contributed by atoms with Crippen LogP contribution < -0.4 is 10.6 Å². The van der Waals surface area contributed by atoms with Gasteiger partial charge < -0.3 is 19.9 Å². The summed E-state index contributed by atoms with van der Waals surface area (Å²) in [6.45, 7) is 5.30. The van der Waals surface area contributed by atoms with Crippen molar-refractivity contribution in [3.8, 4) is 0 Å². The molecule has 0 radical (unpaired) electrons. The third-order valence-corrected chi connectivity index (χ3v) is 5.64. The molecule has 0 saturated carbocycles. The molecule has 0 aliphatic carbocycles. The van der Waals surface area contributed by atoms with Gasteiger partial charge in [-0.25, -0.2) is 0 Å². The van der Waals surface area contributed by atoms with Gasteiger partial charge in [0.25, 0.3) is 5.91 Å². The lowest BCUT2D eigenvalue weighted by Gasteiger charge is -2.37. The SMILES string of the molecule is C[N+]1(CCCOCC(=O)N2CCCc3ccc(N)cc32)CCCCC1. The van der Waals surface area contributed by atoms with Crippen molar-refractivity contribution in [2.75, 3.05) is 57.1 Å². The molecule has 0 bridgehead atoms. The van der Waals surface area contributed by atoms with E-state index in [9.17, 15) is 4.79 Å². The number of fused-ring (bicyclic) bond motifs is 1. The van der Waals surface area contributed by atoms with Crippen LogP contribution in [0, 0.1) is 0 Å². The van der Waals surface area contributed by atoms with E-state index >= 15 is 0 Å². The van der Waals surface area contributed by atoms with Crippen molar-refractivity contribution in [1.82, 2.24) is 0 Å². The maximum atomic E-state index is 12.6. The van der Waals surface area contributed by atoms with Crippen LogP contribution in [0.1, 0.15) is 37.7 Å². The van der Waals surface area contributed by atoms with Gasteiger partial charge in [-0.2, -0.15) is 0 Å². The van der Waals surface area contributed by atoms with Crippen molar-refractivity contribution in [1.29, 1.82) is 0 Å². The van der Waals surface area contributed by atoms with Crippen molar-refractivity contribution < 1.29 is 14.0 Å². The van der Waals surface area contributed by atoms with Gasteiger partial charge in [-0.05, 0) is 49.8 Å². The predicted octanol–water partition coefficient (Wildman–Crippen LogP) is 2.59. The number of nitrogen functional groups attached to an aromatic ring is 1. The monoisotopic (exact) mass is 346 g/mol. The second-order valence-corrected chi connectivity index (χ2v) is 7.79. The highest BCUT2D eigenvalue weighted by Gasteiger charge is 2.25. The first-order chi connectivity index (χ1) is 12.1. The van der Waals surface area contributed by atoms with Gasteiger partial charge in [0.1, 0.15) is 6.61 Å². The maximum absolute atomic E-state index is 12.6. The number of carbonyl (C=O) groups excluding carboxylic acids is 1. The van der Waals surface area contributed by atoms with E-state index in [2.05, 4.69) is 7.05 Å². The second-order valence-electron chi connectivity index (χ2n) is 7.79. The van der Waals surface area contributed by atoms with E-state index in [0.29, 0.717) is 12.3 Å². The van der Waals surface area contributed by atoms with Crippen LogP contribution in [-0.4, -0.2) is 56.8 Å². The molecule has 5 heteroatoms. The highest BCUT2D eigenvalue weighted by molar-refractivity contribution is 5.96. The lowest BCUT2D eigenvalue weighted by atomic mass is 10.0. The molecule has 1 saturated heterocycles. The zero-order valence-corrected chi connectivity index (χ0v) is 15.5. The van der Waals surface area contributed by atoms with E-state index in [4.69, 9.17) is 10.5 Å². The third kappa shape index (κ3) is 4.73. The van der Waals surface area contributed by atoms with Crippen molar-refractivity contribution in [2.45, 2.75) is 38.5 Å². The molecule has 25 heavy (non-hydrogen) atoms. The van der Waals surface area contributed by atoms with Gasteiger partial charge in [-0.15, -0.1) is 0 Å². The first-order valence-corrected chi connectivity index (χ1v) is 9.67. The van der Waals surface area contributed by atoms with Crippen molar-refractivity contribution in [2.24, 2.45) is 0 Å². The Kier molecular flexibility index (Phi) is 5.97. The normalized spacial score (nSPS) is 19.5. The quantitative estimate of drug-likeness (QED) is 0.489. The fourth-order valence-corrected chi connectivity index (χ4v) is 4.14. The molecule has 0 unspecified atom stereocenters. The van der Waals surface area contributed by atoms with E-state index in [0.717, 1.165) is 42.5 Å². The molecule has 0 spiro atoms. The topological polar surface area (TPSA) is 55.6 Å². The Balaban J connectivity index is 1.44. The minimum atomic E-state index is 0.0462. The molecule has 2 aliphatic rings. The number of nitrogens with zero attached hydrogens (tertiary/aromatic N) is 2. The molecule has 1 aromatic carbocycles. The maximum Gasteiger partial charge on any atom is 0.252 e. The number of hydrogen-bond acceptors (Lipinski definition) is 3.